The molecule has 1 fully saturated rings. The first kappa shape index (κ1) is 32.2. The molecule has 2 amide bonds. The lowest BCUT2D eigenvalue weighted by Gasteiger charge is -2.31. The zero-order valence-electron chi connectivity index (χ0n) is 25.7. The third-order valence-corrected chi connectivity index (χ3v) is 8.61. The Morgan fingerprint density at radius 3 is 2.44 bits per heavy atom. The molecule has 0 saturated carbocycles. The maximum absolute atomic E-state index is 13.9. The summed E-state index contributed by atoms with van der Waals surface area (Å²) < 4.78 is 40.1. The number of aromatic amines is 1. The highest BCUT2D eigenvalue weighted by molar-refractivity contribution is 6.08. The van der Waals surface area contributed by atoms with Crippen molar-refractivity contribution in [1.82, 2.24) is 15.6 Å². The zero-order chi connectivity index (χ0) is 32.4. The third-order valence-electron chi connectivity index (χ3n) is 8.61. The molecule has 2 heterocycles. The van der Waals surface area contributed by atoms with Crippen LogP contribution in [0.1, 0.15) is 66.2 Å². The lowest BCUT2D eigenvalue weighted by atomic mass is 9.92. The number of aromatic nitrogens is 1. The minimum absolute atomic E-state index is 0.00534. The molecular weight excluding hydrogens is 581 g/mol. The number of aliphatic hydroxyl groups excluding tert-OH is 1. The Bertz CT molecular complexity index is 1670. The number of halogens is 3. The maximum Gasteiger partial charge on any atom is 0.416 e. The van der Waals surface area contributed by atoms with Gasteiger partial charge in [-0.05, 0) is 74.1 Å². The van der Waals surface area contributed by atoms with E-state index in [1.807, 2.05) is 49.5 Å². The number of aryl methyl sites for hydroxylation is 1. The van der Waals surface area contributed by atoms with Gasteiger partial charge in [0.2, 0.25) is 5.91 Å². The van der Waals surface area contributed by atoms with Crippen molar-refractivity contribution < 1.29 is 27.9 Å². The van der Waals surface area contributed by atoms with Crippen LogP contribution in [-0.4, -0.2) is 47.1 Å². The summed E-state index contributed by atoms with van der Waals surface area (Å²) in [5.41, 5.74) is 2.52. The zero-order valence-corrected chi connectivity index (χ0v) is 25.7. The number of benzene rings is 3. The van der Waals surface area contributed by atoms with Crippen LogP contribution in [0.4, 0.5) is 18.9 Å². The average Bonchev–Trinajstić information content (AvgIpc) is 3.65. The van der Waals surface area contributed by atoms with Crippen LogP contribution < -0.4 is 15.5 Å². The maximum atomic E-state index is 13.9. The summed E-state index contributed by atoms with van der Waals surface area (Å²) in [7, 11) is 0. The minimum atomic E-state index is -4.47. The van der Waals surface area contributed by atoms with Crippen molar-refractivity contribution in [2.75, 3.05) is 18.0 Å². The second kappa shape index (κ2) is 13.1. The first-order valence-electron chi connectivity index (χ1n) is 15.3. The predicted molar refractivity (Wildman–Crippen MR) is 169 cm³/mol. The normalized spacial score (nSPS) is 15.4. The molecule has 0 bridgehead atoms. The fraction of sp³-hybridized carbons (Fsp3) is 0.371. The van der Waals surface area contributed by atoms with E-state index in [4.69, 9.17) is 0 Å². The van der Waals surface area contributed by atoms with Crippen LogP contribution in [0.25, 0.3) is 10.9 Å². The summed E-state index contributed by atoms with van der Waals surface area (Å²) in [6.45, 7) is 6.10. The van der Waals surface area contributed by atoms with Gasteiger partial charge in [0.05, 0.1) is 28.9 Å². The monoisotopic (exact) mass is 620 g/mol. The molecular formula is C35H39F3N4O3. The van der Waals surface area contributed by atoms with E-state index in [9.17, 15) is 27.9 Å². The number of fused-ring (bicyclic) bond motifs is 1. The highest BCUT2D eigenvalue weighted by atomic mass is 19.4. The van der Waals surface area contributed by atoms with E-state index in [1.54, 1.807) is 30.9 Å². The summed E-state index contributed by atoms with van der Waals surface area (Å²) in [5, 5.41) is 18.5. The molecule has 1 aliphatic heterocycles. The van der Waals surface area contributed by atoms with E-state index < -0.39 is 35.3 Å². The van der Waals surface area contributed by atoms with Crippen molar-refractivity contribution in [3.8, 4) is 0 Å². The smallest absolute Gasteiger partial charge is 0.390 e. The number of hydrogen-bond donors (Lipinski definition) is 4. The van der Waals surface area contributed by atoms with Gasteiger partial charge in [0.15, 0.2) is 0 Å². The van der Waals surface area contributed by atoms with E-state index in [2.05, 4.69) is 15.6 Å². The minimum Gasteiger partial charge on any atom is -0.390 e. The highest BCUT2D eigenvalue weighted by Crippen LogP contribution is 2.34. The highest BCUT2D eigenvalue weighted by Gasteiger charge is 2.33. The first-order valence-corrected chi connectivity index (χ1v) is 15.3. The van der Waals surface area contributed by atoms with Gasteiger partial charge in [-0.1, -0.05) is 49.4 Å². The molecule has 1 aliphatic rings. The molecule has 10 heteroatoms. The Morgan fingerprint density at radius 1 is 1.04 bits per heavy atom. The van der Waals surface area contributed by atoms with Crippen LogP contribution in [-0.2, 0) is 29.4 Å². The summed E-state index contributed by atoms with van der Waals surface area (Å²) in [6, 6.07) is 17.4. The van der Waals surface area contributed by atoms with E-state index in [0.717, 1.165) is 47.0 Å². The standard InChI is InChI=1S/C35H39F3N4O3/c1-4-23-20-39-32-27(23)17-24(18-29(32)42-15-9-14-31(42)44)33(45)41-28(16-22-10-6-5-7-11-22)30(43)21-40-34(2,3)25-12-8-13-26(19-25)35(36,37)38/h5-8,10-13,17-20,28,30,39-40,43H,4,9,14-16,21H2,1-3H3,(H,41,45)/t28-,30+/m0/s1. The lowest BCUT2D eigenvalue weighted by Crippen LogP contribution is -2.51. The number of amides is 2. The van der Waals surface area contributed by atoms with Gasteiger partial charge < -0.3 is 25.6 Å². The van der Waals surface area contributed by atoms with Crippen molar-refractivity contribution in [2.45, 2.75) is 70.3 Å². The largest absolute Gasteiger partial charge is 0.416 e. The molecule has 4 N–H and O–H groups in total. The molecule has 0 unspecified atom stereocenters. The topological polar surface area (TPSA) is 97.5 Å². The van der Waals surface area contributed by atoms with Gasteiger partial charge in [0.25, 0.3) is 5.91 Å². The lowest BCUT2D eigenvalue weighted by molar-refractivity contribution is -0.137. The van der Waals surface area contributed by atoms with Crippen LogP contribution in [0.5, 0.6) is 0 Å². The molecule has 7 nitrogen and oxygen atoms in total. The summed E-state index contributed by atoms with van der Waals surface area (Å²) in [6.07, 6.45) is -1.40. The molecule has 238 valence electrons. The van der Waals surface area contributed by atoms with Gasteiger partial charge >= 0.3 is 6.18 Å². The van der Waals surface area contributed by atoms with Gasteiger partial charge in [-0.3, -0.25) is 9.59 Å². The first-order chi connectivity index (χ1) is 21.4. The Hall–Kier alpha value is -4.15. The van der Waals surface area contributed by atoms with Gasteiger partial charge in [0.1, 0.15) is 0 Å². The molecule has 3 aromatic carbocycles. The second-order valence-corrected chi connectivity index (χ2v) is 12.2. The molecule has 1 aromatic heterocycles. The number of carbonyl (C=O) groups is 2. The van der Waals surface area contributed by atoms with Gasteiger partial charge in [0, 0.05) is 42.2 Å². The molecule has 0 spiro atoms. The number of aliphatic hydroxyl groups is 1. The van der Waals surface area contributed by atoms with Crippen LogP contribution in [0, 0.1) is 0 Å². The molecule has 0 aliphatic carbocycles. The summed E-state index contributed by atoms with van der Waals surface area (Å²) in [5.74, 6) is -0.390. The number of H-pyrrole nitrogens is 1. The molecule has 5 rings (SSSR count). The summed E-state index contributed by atoms with van der Waals surface area (Å²) in [4.78, 5) is 31.5. The van der Waals surface area contributed by atoms with Crippen molar-refractivity contribution in [3.05, 3.63) is 101 Å². The SMILES string of the molecule is CCc1c[nH]c2c(N3CCCC3=O)cc(C(=O)N[C@@H](Cc3ccccc3)[C@H](O)CNC(C)(C)c3cccc(C(F)(F)F)c3)cc12. The number of alkyl halides is 3. The Balaban J connectivity index is 1.40. The Morgan fingerprint density at radius 2 is 1.78 bits per heavy atom. The van der Waals surface area contributed by atoms with Gasteiger partial charge in [-0.2, -0.15) is 13.2 Å². The fourth-order valence-corrected chi connectivity index (χ4v) is 5.90. The van der Waals surface area contributed by atoms with Crippen molar-refractivity contribution in [3.63, 3.8) is 0 Å². The van der Waals surface area contributed by atoms with Gasteiger partial charge in [-0.15, -0.1) is 0 Å². The third kappa shape index (κ3) is 7.23. The van der Waals surface area contributed by atoms with E-state index in [0.29, 0.717) is 36.2 Å². The number of anilines is 1. The van der Waals surface area contributed by atoms with Crippen LogP contribution in [0.2, 0.25) is 0 Å². The van der Waals surface area contributed by atoms with Gasteiger partial charge in [-0.25, -0.2) is 0 Å². The quantitative estimate of drug-likeness (QED) is 0.163. The fourth-order valence-electron chi connectivity index (χ4n) is 5.90. The Kier molecular flexibility index (Phi) is 9.36. The van der Waals surface area contributed by atoms with Crippen LogP contribution >= 0.6 is 0 Å². The van der Waals surface area contributed by atoms with Crippen molar-refractivity contribution in [1.29, 1.82) is 0 Å². The number of nitrogens with one attached hydrogen (secondary N) is 3. The van der Waals surface area contributed by atoms with E-state index >= 15 is 0 Å². The summed E-state index contributed by atoms with van der Waals surface area (Å²) >= 11 is 0. The van der Waals surface area contributed by atoms with Crippen molar-refractivity contribution >= 4 is 28.4 Å². The molecule has 2 atom stereocenters. The van der Waals surface area contributed by atoms with Crippen molar-refractivity contribution in [2.24, 2.45) is 0 Å². The van der Waals surface area contributed by atoms with E-state index in [-0.39, 0.29) is 12.5 Å². The molecule has 45 heavy (non-hydrogen) atoms. The number of carbonyl (C=O) groups excluding carboxylic acids is 2. The predicted octanol–water partition coefficient (Wildman–Crippen LogP) is 6.10. The Labute approximate surface area is 260 Å². The van der Waals surface area contributed by atoms with E-state index in [1.165, 1.54) is 6.07 Å². The van der Waals surface area contributed by atoms with Crippen LogP contribution in [0.3, 0.4) is 0 Å². The number of hydrogen-bond acceptors (Lipinski definition) is 4. The molecule has 0 radical (unpaired) electrons. The van der Waals surface area contributed by atoms with Crippen LogP contribution in [0.15, 0.2) is 72.9 Å². The molecule has 1 saturated heterocycles. The second-order valence-electron chi connectivity index (χ2n) is 12.2. The number of nitrogens with zero attached hydrogens (tertiary/aromatic N) is 1. The molecule has 4 aromatic rings. The number of rotatable bonds is 11. The average molecular weight is 621 g/mol.